The Morgan fingerprint density at radius 1 is 1.00 bits per heavy atom. The average Bonchev–Trinajstić information content (AvgIpc) is 2.37. The van der Waals surface area contributed by atoms with Gasteiger partial charge in [0.2, 0.25) is 0 Å². The van der Waals surface area contributed by atoms with Gasteiger partial charge in [-0.25, -0.2) is 6.08 Å². The normalized spacial score (nSPS) is 22.9. The summed E-state index contributed by atoms with van der Waals surface area (Å²) >= 11 is 0. The maximum Gasteiger partial charge on any atom is 0.381 e. The van der Waals surface area contributed by atoms with Crippen LogP contribution in [0.1, 0.15) is 0 Å². The Balaban J connectivity index is 2.03. The third-order valence-corrected chi connectivity index (χ3v) is 2.41. The van der Waals surface area contributed by atoms with Gasteiger partial charge in [0.25, 0.3) is 0 Å². The summed E-state index contributed by atoms with van der Waals surface area (Å²) in [6.07, 6.45) is 11.3. The van der Waals surface area contributed by atoms with E-state index in [-0.39, 0.29) is 0 Å². The van der Waals surface area contributed by atoms with Crippen LogP contribution in [0.3, 0.4) is 0 Å². The zero-order valence-corrected chi connectivity index (χ0v) is 9.35. The lowest BCUT2D eigenvalue weighted by molar-refractivity contribution is -0.0883. The molecule has 0 saturated carbocycles. The molecular weight excluding hydrogens is 239 g/mol. The van der Waals surface area contributed by atoms with Gasteiger partial charge in [-0.1, -0.05) is 0 Å². The van der Waals surface area contributed by atoms with Gasteiger partial charge in [-0.2, -0.15) is 30.4 Å². The van der Waals surface area contributed by atoms with Crippen LogP contribution in [0.4, 0.5) is 13.2 Å². The van der Waals surface area contributed by atoms with Crippen molar-refractivity contribution in [2.75, 3.05) is 0 Å². The number of rotatable bonds is 1. The Morgan fingerprint density at radius 2 is 1.72 bits per heavy atom. The minimum Gasteiger partial charge on any atom is -0.291 e. The molecule has 0 aromatic heterocycles. The van der Waals surface area contributed by atoms with Crippen LogP contribution in [-0.4, -0.2) is 12.4 Å². The van der Waals surface area contributed by atoms with Gasteiger partial charge in [0, 0.05) is 0 Å². The summed E-state index contributed by atoms with van der Waals surface area (Å²) in [5.74, 6) is 0. The van der Waals surface area contributed by atoms with Crippen molar-refractivity contribution < 1.29 is 13.2 Å². The third kappa shape index (κ3) is 3.20. The summed E-state index contributed by atoms with van der Waals surface area (Å²) in [5.41, 5.74) is 1.04. The van der Waals surface area contributed by atoms with Gasteiger partial charge >= 0.3 is 6.18 Å². The molecule has 2 rings (SSSR count). The first-order chi connectivity index (χ1) is 8.55. The van der Waals surface area contributed by atoms with E-state index in [1.807, 2.05) is 18.6 Å². The molecule has 0 unspecified atom stereocenters. The lowest BCUT2D eigenvalue weighted by Crippen LogP contribution is -2.11. The SMILES string of the molecule is FC(F)(F)C1=C[CH-]C(=CC=C2C=CN=C[CH-]2)C=C1. The quantitative estimate of drug-likeness (QED) is 0.625. The van der Waals surface area contributed by atoms with Crippen molar-refractivity contribution in [2.24, 2.45) is 4.99 Å². The lowest BCUT2D eigenvalue weighted by atomic mass is 10.0. The Hall–Kier alpha value is -2.10. The number of halogens is 3. The fourth-order valence-corrected chi connectivity index (χ4v) is 1.45. The maximum atomic E-state index is 12.3. The molecule has 0 spiro atoms. The molecule has 0 aromatic rings. The van der Waals surface area contributed by atoms with Crippen LogP contribution in [0.25, 0.3) is 0 Å². The highest BCUT2D eigenvalue weighted by Gasteiger charge is 2.27. The maximum absolute atomic E-state index is 12.3. The summed E-state index contributed by atoms with van der Waals surface area (Å²) in [5, 5.41) is 0. The number of hydrogen-bond acceptors (Lipinski definition) is 1. The second-order valence-corrected chi connectivity index (χ2v) is 3.73. The first-order valence-corrected chi connectivity index (χ1v) is 5.31. The third-order valence-electron chi connectivity index (χ3n) is 2.41. The summed E-state index contributed by atoms with van der Waals surface area (Å²) in [6.45, 7) is 0. The first-order valence-electron chi connectivity index (χ1n) is 5.31. The van der Waals surface area contributed by atoms with Crippen molar-refractivity contribution in [1.29, 1.82) is 0 Å². The summed E-state index contributed by atoms with van der Waals surface area (Å²) in [4.78, 5) is 3.88. The van der Waals surface area contributed by atoms with E-state index >= 15 is 0 Å². The second kappa shape index (κ2) is 5.04. The van der Waals surface area contributed by atoms with Gasteiger partial charge in [-0.15, -0.1) is 37.1 Å². The van der Waals surface area contributed by atoms with Gasteiger partial charge in [0.1, 0.15) is 0 Å². The van der Waals surface area contributed by atoms with E-state index < -0.39 is 11.7 Å². The van der Waals surface area contributed by atoms with E-state index in [2.05, 4.69) is 4.99 Å². The molecule has 0 amide bonds. The van der Waals surface area contributed by atoms with Crippen molar-refractivity contribution in [2.45, 2.75) is 6.18 Å². The van der Waals surface area contributed by atoms with Crippen LogP contribution >= 0.6 is 0 Å². The Morgan fingerprint density at radius 3 is 2.22 bits per heavy atom. The summed E-state index contributed by atoms with van der Waals surface area (Å²) in [7, 11) is 0. The molecule has 0 bridgehead atoms. The standard InChI is InChI=1S/C14H10F3N/c15-14(16,17)13-5-3-11(4-6-13)1-2-12-7-9-18-10-8-12/h1-10H/q-2. The van der Waals surface area contributed by atoms with Crippen LogP contribution in [0.2, 0.25) is 0 Å². The lowest BCUT2D eigenvalue weighted by Gasteiger charge is -2.19. The van der Waals surface area contributed by atoms with Crippen LogP contribution in [0, 0.1) is 12.8 Å². The number of aliphatic imine (C=N–C) groups is 1. The van der Waals surface area contributed by atoms with Crippen LogP contribution in [0.5, 0.6) is 0 Å². The van der Waals surface area contributed by atoms with Crippen molar-refractivity contribution >= 4 is 6.21 Å². The minimum atomic E-state index is -4.28. The molecule has 94 valence electrons. The van der Waals surface area contributed by atoms with E-state index in [9.17, 15) is 13.2 Å². The molecule has 0 fully saturated rings. The number of alkyl halides is 3. The number of allylic oxidation sites excluding steroid dienone is 9. The Kier molecular flexibility index (Phi) is 3.46. The Bertz CT molecular complexity index is 500. The second-order valence-electron chi connectivity index (χ2n) is 3.73. The van der Waals surface area contributed by atoms with E-state index in [0.717, 1.165) is 23.3 Å². The minimum absolute atomic E-state index is 0.636. The number of hydrogen-bond donors (Lipinski definition) is 0. The molecule has 0 N–H and O–H groups in total. The van der Waals surface area contributed by atoms with Crippen molar-refractivity contribution in [3.63, 3.8) is 0 Å². The van der Waals surface area contributed by atoms with E-state index in [1.54, 1.807) is 18.5 Å². The van der Waals surface area contributed by atoms with Crippen molar-refractivity contribution in [3.8, 4) is 0 Å². The summed E-state index contributed by atoms with van der Waals surface area (Å²) < 4.78 is 37.0. The molecular formula is C14H10F3N-2. The van der Waals surface area contributed by atoms with Crippen molar-refractivity contribution in [1.82, 2.24) is 0 Å². The molecule has 18 heavy (non-hydrogen) atoms. The molecule has 0 saturated heterocycles. The molecule has 1 heterocycles. The smallest absolute Gasteiger partial charge is 0.291 e. The van der Waals surface area contributed by atoms with E-state index in [4.69, 9.17) is 0 Å². The predicted octanol–water partition coefficient (Wildman–Crippen LogP) is 3.90. The van der Waals surface area contributed by atoms with Crippen LogP contribution in [0.15, 0.2) is 64.4 Å². The fourth-order valence-electron chi connectivity index (χ4n) is 1.45. The van der Waals surface area contributed by atoms with E-state index in [0.29, 0.717) is 0 Å². The molecule has 1 aliphatic carbocycles. The molecule has 1 nitrogen and oxygen atoms in total. The van der Waals surface area contributed by atoms with Crippen LogP contribution in [-0.2, 0) is 0 Å². The molecule has 0 aromatic carbocycles. The highest BCUT2D eigenvalue weighted by molar-refractivity contribution is 5.76. The van der Waals surface area contributed by atoms with Gasteiger partial charge in [-0.05, 0) is 18.0 Å². The van der Waals surface area contributed by atoms with Crippen molar-refractivity contribution in [3.05, 3.63) is 72.2 Å². The summed E-state index contributed by atoms with van der Waals surface area (Å²) in [6, 6.07) is 0. The van der Waals surface area contributed by atoms with Gasteiger partial charge < -0.3 is 0 Å². The predicted molar refractivity (Wildman–Crippen MR) is 65.7 cm³/mol. The Labute approximate surface area is 103 Å². The molecule has 0 atom stereocenters. The average molecular weight is 249 g/mol. The highest BCUT2D eigenvalue weighted by Crippen LogP contribution is 2.30. The van der Waals surface area contributed by atoms with Crippen LogP contribution < -0.4 is 0 Å². The van der Waals surface area contributed by atoms with Gasteiger partial charge in [-0.3, -0.25) is 4.99 Å². The monoisotopic (exact) mass is 249 g/mol. The zero-order valence-electron chi connectivity index (χ0n) is 9.35. The molecule has 2 aliphatic rings. The topological polar surface area (TPSA) is 12.4 Å². The zero-order chi connectivity index (χ0) is 13.0. The van der Waals surface area contributed by atoms with E-state index in [1.165, 1.54) is 12.5 Å². The fraction of sp³-hybridized carbons (Fsp3) is 0.0714. The first kappa shape index (κ1) is 12.4. The molecule has 4 heteroatoms. The van der Waals surface area contributed by atoms with Gasteiger partial charge in [0.15, 0.2) is 0 Å². The number of nitrogens with zero attached hydrogens (tertiary/aromatic N) is 1. The van der Waals surface area contributed by atoms with Gasteiger partial charge in [0.05, 0.1) is 0 Å². The molecule has 0 radical (unpaired) electrons. The highest BCUT2D eigenvalue weighted by atomic mass is 19.4. The molecule has 1 aliphatic heterocycles. The largest absolute Gasteiger partial charge is 0.381 e.